The zero-order chi connectivity index (χ0) is 13.8. The molecule has 0 aliphatic rings. The monoisotopic (exact) mass is 261 g/mol. The van der Waals surface area contributed by atoms with Crippen LogP contribution in [-0.2, 0) is 0 Å². The van der Waals surface area contributed by atoms with E-state index in [4.69, 9.17) is 5.73 Å². The fraction of sp³-hybridized carbons (Fsp3) is 0.571. The molecule has 0 aliphatic heterocycles. The van der Waals surface area contributed by atoms with Crippen LogP contribution >= 0.6 is 0 Å². The Bertz CT molecular complexity index is 532. The second kappa shape index (κ2) is 5.91. The highest BCUT2D eigenvalue weighted by atomic mass is 15.2. The number of nitrogen functional groups attached to an aromatic ring is 1. The van der Waals surface area contributed by atoms with Gasteiger partial charge in [-0.25, -0.2) is 9.97 Å². The first-order chi connectivity index (χ1) is 9.13. The van der Waals surface area contributed by atoms with Crippen LogP contribution in [0.1, 0.15) is 40.0 Å². The molecule has 2 heterocycles. The first kappa shape index (κ1) is 13.6. The van der Waals surface area contributed by atoms with Crippen molar-refractivity contribution < 1.29 is 0 Å². The Morgan fingerprint density at radius 3 is 2.84 bits per heavy atom. The number of aromatic nitrogens is 3. The van der Waals surface area contributed by atoms with Crippen LogP contribution in [-0.4, -0.2) is 27.0 Å². The van der Waals surface area contributed by atoms with Crippen molar-refractivity contribution in [2.24, 2.45) is 0 Å². The van der Waals surface area contributed by atoms with Crippen LogP contribution in [0, 0.1) is 0 Å². The van der Waals surface area contributed by atoms with E-state index in [-0.39, 0.29) is 0 Å². The van der Waals surface area contributed by atoms with Gasteiger partial charge >= 0.3 is 0 Å². The summed E-state index contributed by atoms with van der Waals surface area (Å²) in [4.78, 5) is 11.2. The highest BCUT2D eigenvalue weighted by Crippen LogP contribution is 2.22. The molecule has 0 radical (unpaired) electrons. The molecule has 0 aliphatic carbocycles. The first-order valence-corrected chi connectivity index (χ1v) is 6.99. The summed E-state index contributed by atoms with van der Waals surface area (Å²) >= 11 is 0. The van der Waals surface area contributed by atoms with Crippen LogP contribution in [0.5, 0.6) is 0 Å². The van der Waals surface area contributed by atoms with Crippen molar-refractivity contribution in [3.05, 3.63) is 18.6 Å². The number of imidazole rings is 1. The lowest BCUT2D eigenvalue weighted by molar-refractivity contribution is 0.620. The summed E-state index contributed by atoms with van der Waals surface area (Å²) in [6.45, 7) is 7.56. The zero-order valence-corrected chi connectivity index (χ0v) is 12.0. The van der Waals surface area contributed by atoms with Crippen LogP contribution in [0.25, 0.3) is 5.65 Å². The van der Waals surface area contributed by atoms with Gasteiger partial charge in [0.15, 0.2) is 11.5 Å². The Morgan fingerprint density at radius 1 is 1.37 bits per heavy atom. The second-order valence-corrected chi connectivity index (χ2v) is 5.14. The van der Waals surface area contributed by atoms with E-state index in [2.05, 4.69) is 35.6 Å². The van der Waals surface area contributed by atoms with E-state index in [1.165, 1.54) is 12.8 Å². The van der Waals surface area contributed by atoms with Gasteiger partial charge in [0.25, 0.3) is 0 Å². The zero-order valence-electron chi connectivity index (χ0n) is 12.0. The highest BCUT2D eigenvalue weighted by molar-refractivity contribution is 5.66. The van der Waals surface area contributed by atoms with Gasteiger partial charge in [-0.15, -0.1) is 0 Å². The molecule has 2 aromatic heterocycles. The third kappa shape index (κ3) is 2.97. The number of fused-ring (bicyclic) bond motifs is 1. The maximum Gasteiger partial charge on any atom is 0.180 e. The molecule has 0 aromatic carbocycles. The summed E-state index contributed by atoms with van der Waals surface area (Å²) in [5, 5.41) is 0. The number of hydrogen-bond acceptors (Lipinski definition) is 4. The minimum Gasteiger partial charge on any atom is -0.382 e. The number of nitrogens with zero attached hydrogens (tertiary/aromatic N) is 4. The van der Waals surface area contributed by atoms with Crippen molar-refractivity contribution in [3.8, 4) is 0 Å². The quantitative estimate of drug-likeness (QED) is 0.812. The van der Waals surface area contributed by atoms with Crippen molar-refractivity contribution in [2.45, 2.75) is 46.1 Å². The van der Waals surface area contributed by atoms with Crippen LogP contribution in [0.15, 0.2) is 18.6 Å². The Labute approximate surface area is 114 Å². The van der Waals surface area contributed by atoms with Crippen LogP contribution < -0.4 is 10.6 Å². The maximum absolute atomic E-state index is 5.89. The summed E-state index contributed by atoms with van der Waals surface area (Å²) in [6, 6.07) is 0.381. The molecule has 104 valence electrons. The number of nitrogens with two attached hydrogens (primary N) is 1. The Balaban J connectivity index is 2.35. The molecule has 2 aromatic rings. The minimum atomic E-state index is 0.381. The Morgan fingerprint density at radius 2 is 2.16 bits per heavy atom. The van der Waals surface area contributed by atoms with Gasteiger partial charge in [0.05, 0.1) is 6.20 Å². The SMILES string of the molecule is CCCCCN(c1nc(N)cn2ccnc12)C(C)C. The van der Waals surface area contributed by atoms with E-state index in [0.717, 1.165) is 24.4 Å². The summed E-state index contributed by atoms with van der Waals surface area (Å²) < 4.78 is 1.94. The molecule has 2 N–H and O–H groups in total. The van der Waals surface area contributed by atoms with Gasteiger partial charge in [0.2, 0.25) is 0 Å². The summed E-state index contributed by atoms with van der Waals surface area (Å²) in [5.74, 6) is 1.41. The average Bonchev–Trinajstić information content (AvgIpc) is 2.81. The minimum absolute atomic E-state index is 0.381. The van der Waals surface area contributed by atoms with Gasteiger partial charge < -0.3 is 15.0 Å². The molecule has 0 amide bonds. The Kier molecular flexibility index (Phi) is 4.24. The Hall–Kier alpha value is -1.78. The molecule has 0 saturated heterocycles. The fourth-order valence-electron chi connectivity index (χ4n) is 2.27. The van der Waals surface area contributed by atoms with E-state index in [1.54, 1.807) is 12.4 Å². The van der Waals surface area contributed by atoms with Gasteiger partial charge in [0, 0.05) is 25.0 Å². The number of hydrogen-bond donors (Lipinski definition) is 1. The molecule has 0 saturated carbocycles. The summed E-state index contributed by atoms with van der Waals surface area (Å²) in [5.41, 5.74) is 6.76. The molecular formula is C14H23N5. The predicted octanol–water partition coefficient (Wildman–Crippen LogP) is 2.72. The molecule has 0 unspecified atom stereocenters. The fourth-order valence-corrected chi connectivity index (χ4v) is 2.27. The first-order valence-electron chi connectivity index (χ1n) is 6.99. The van der Waals surface area contributed by atoms with Crippen molar-refractivity contribution in [1.82, 2.24) is 14.4 Å². The van der Waals surface area contributed by atoms with Gasteiger partial charge in [0.1, 0.15) is 5.82 Å². The lowest BCUT2D eigenvalue weighted by Crippen LogP contribution is -2.33. The van der Waals surface area contributed by atoms with E-state index in [1.807, 2.05) is 10.6 Å². The van der Waals surface area contributed by atoms with Gasteiger partial charge in [-0.1, -0.05) is 19.8 Å². The summed E-state index contributed by atoms with van der Waals surface area (Å²) in [7, 11) is 0. The third-order valence-electron chi connectivity index (χ3n) is 3.27. The molecule has 0 bridgehead atoms. The average molecular weight is 261 g/mol. The van der Waals surface area contributed by atoms with Gasteiger partial charge in [-0.05, 0) is 20.3 Å². The molecule has 0 spiro atoms. The van der Waals surface area contributed by atoms with Crippen molar-refractivity contribution in [2.75, 3.05) is 17.2 Å². The van der Waals surface area contributed by atoms with Crippen LogP contribution in [0.4, 0.5) is 11.6 Å². The molecule has 5 nitrogen and oxygen atoms in total. The van der Waals surface area contributed by atoms with Gasteiger partial charge in [-0.2, -0.15) is 0 Å². The normalized spacial score (nSPS) is 11.4. The molecule has 2 rings (SSSR count). The largest absolute Gasteiger partial charge is 0.382 e. The lowest BCUT2D eigenvalue weighted by Gasteiger charge is -2.28. The highest BCUT2D eigenvalue weighted by Gasteiger charge is 2.16. The van der Waals surface area contributed by atoms with Crippen LogP contribution in [0.3, 0.4) is 0 Å². The molecular weight excluding hydrogens is 238 g/mol. The van der Waals surface area contributed by atoms with Crippen molar-refractivity contribution >= 4 is 17.3 Å². The van der Waals surface area contributed by atoms with Crippen LogP contribution in [0.2, 0.25) is 0 Å². The van der Waals surface area contributed by atoms with Gasteiger partial charge in [-0.3, -0.25) is 0 Å². The van der Waals surface area contributed by atoms with E-state index in [9.17, 15) is 0 Å². The molecule has 19 heavy (non-hydrogen) atoms. The maximum atomic E-state index is 5.89. The molecule has 0 atom stereocenters. The van der Waals surface area contributed by atoms with Crippen molar-refractivity contribution in [3.63, 3.8) is 0 Å². The van der Waals surface area contributed by atoms with E-state index >= 15 is 0 Å². The topological polar surface area (TPSA) is 59.5 Å². The second-order valence-electron chi connectivity index (χ2n) is 5.14. The van der Waals surface area contributed by atoms with Crippen molar-refractivity contribution in [1.29, 1.82) is 0 Å². The predicted molar refractivity (Wildman–Crippen MR) is 79.4 cm³/mol. The third-order valence-corrected chi connectivity index (χ3v) is 3.27. The molecule has 5 heteroatoms. The van der Waals surface area contributed by atoms with E-state index in [0.29, 0.717) is 11.9 Å². The van der Waals surface area contributed by atoms with E-state index < -0.39 is 0 Å². The molecule has 0 fully saturated rings. The lowest BCUT2D eigenvalue weighted by atomic mass is 10.2. The number of unbranched alkanes of at least 4 members (excludes halogenated alkanes) is 2. The standard InChI is InChI=1S/C14H23N5/c1-4-5-6-8-19(11(2)3)14-13-16-7-9-18(13)10-12(15)17-14/h7,9-11H,4-6,8,15H2,1-3H3. The smallest absolute Gasteiger partial charge is 0.180 e. The number of rotatable bonds is 6. The number of anilines is 2. The summed E-state index contributed by atoms with van der Waals surface area (Å²) in [6.07, 6.45) is 9.10.